The molecule has 1 aliphatic rings. The fourth-order valence-corrected chi connectivity index (χ4v) is 2.47. The highest BCUT2D eigenvalue weighted by Crippen LogP contribution is 2.37. The number of nitrogens with zero attached hydrogens (tertiary/aromatic N) is 1. The fourth-order valence-electron chi connectivity index (χ4n) is 2.47. The average Bonchev–Trinajstić information content (AvgIpc) is 2.35. The zero-order valence-corrected chi connectivity index (χ0v) is 11.1. The van der Waals surface area contributed by atoms with Gasteiger partial charge in [0.2, 0.25) is 5.91 Å². The average molecular weight is 241 g/mol. The third kappa shape index (κ3) is 3.72. The van der Waals surface area contributed by atoms with Gasteiger partial charge in [-0.2, -0.15) is 0 Å². The molecule has 0 N–H and O–H groups in total. The predicted molar refractivity (Wildman–Crippen MR) is 65.5 cm³/mol. The van der Waals surface area contributed by atoms with Crippen molar-refractivity contribution >= 4 is 11.9 Å². The quantitative estimate of drug-likeness (QED) is 0.707. The van der Waals surface area contributed by atoms with Gasteiger partial charge in [-0.1, -0.05) is 26.2 Å². The first kappa shape index (κ1) is 14.0. The first-order valence-corrected chi connectivity index (χ1v) is 6.32. The van der Waals surface area contributed by atoms with E-state index >= 15 is 0 Å². The minimum Gasteiger partial charge on any atom is -0.469 e. The largest absolute Gasteiger partial charge is 0.469 e. The molecule has 0 atom stereocenters. The third-order valence-corrected chi connectivity index (χ3v) is 3.70. The van der Waals surface area contributed by atoms with Crippen molar-refractivity contribution in [2.75, 3.05) is 20.7 Å². The summed E-state index contributed by atoms with van der Waals surface area (Å²) in [6.45, 7) is 2.49. The molecule has 0 saturated heterocycles. The van der Waals surface area contributed by atoms with E-state index in [1.54, 1.807) is 11.9 Å². The Balaban J connectivity index is 2.47. The Kier molecular flexibility index (Phi) is 4.97. The van der Waals surface area contributed by atoms with Crippen LogP contribution in [0.15, 0.2) is 0 Å². The first-order chi connectivity index (χ1) is 7.99. The van der Waals surface area contributed by atoms with Crippen LogP contribution < -0.4 is 0 Å². The molecule has 1 fully saturated rings. The second-order valence-corrected chi connectivity index (χ2v) is 5.17. The first-order valence-electron chi connectivity index (χ1n) is 6.32. The van der Waals surface area contributed by atoms with E-state index in [4.69, 9.17) is 0 Å². The molecular weight excluding hydrogens is 218 g/mol. The number of ether oxygens (including phenoxy) is 1. The van der Waals surface area contributed by atoms with Gasteiger partial charge in [0, 0.05) is 19.0 Å². The maximum absolute atomic E-state index is 12.3. The van der Waals surface area contributed by atoms with Crippen molar-refractivity contribution < 1.29 is 14.3 Å². The molecule has 98 valence electrons. The standard InChI is InChI=1S/C13H23NO3/c1-13(8-5-4-6-9-13)12(16)14(2)10-7-11(15)17-3/h4-10H2,1-3H3. The van der Waals surface area contributed by atoms with Gasteiger partial charge in [0.15, 0.2) is 0 Å². The Morgan fingerprint density at radius 3 is 2.35 bits per heavy atom. The molecule has 1 rings (SSSR count). The van der Waals surface area contributed by atoms with E-state index in [1.807, 2.05) is 6.92 Å². The molecule has 0 aromatic carbocycles. The number of carbonyl (C=O) groups excluding carboxylic acids is 2. The maximum atomic E-state index is 12.3. The minimum absolute atomic E-state index is 0.168. The highest BCUT2D eigenvalue weighted by Gasteiger charge is 2.36. The number of methoxy groups -OCH3 is 1. The molecule has 1 saturated carbocycles. The zero-order valence-electron chi connectivity index (χ0n) is 11.1. The summed E-state index contributed by atoms with van der Waals surface area (Å²) in [5.74, 6) is -0.0976. The predicted octanol–water partition coefficient (Wildman–Crippen LogP) is 1.98. The summed E-state index contributed by atoms with van der Waals surface area (Å²) in [5.41, 5.74) is -0.219. The molecule has 0 aromatic rings. The van der Waals surface area contributed by atoms with Gasteiger partial charge in [-0.25, -0.2) is 0 Å². The van der Waals surface area contributed by atoms with Gasteiger partial charge >= 0.3 is 5.97 Å². The lowest BCUT2D eigenvalue weighted by molar-refractivity contribution is -0.144. The second kappa shape index (κ2) is 6.03. The van der Waals surface area contributed by atoms with Crippen molar-refractivity contribution in [1.82, 2.24) is 4.90 Å². The van der Waals surface area contributed by atoms with Gasteiger partial charge in [-0.3, -0.25) is 9.59 Å². The fraction of sp³-hybridized carbons (Fsp3) is 0.846. The van der Waals surface area contributed by atoms with E-state index in [-0.39, 0.29) is 23.7 Å². The molecule has 0 heterocycles. The number of carbonyl (C=O) groups is 2. The molecule has 0 spiro atoms. The van der Waals surface area contributed by atoms with E-state index in [9.17, 15) is 9.59 Å². The van der Waals surface area contributed by atoms with Crippen LogP contribution in [-0.4, -0.2) is 37.5 Å². The molecule has 4 heteroatoms. The van der Waals surface area contributed by atoms with Crippen LogP contribution in [0.4, 0.5) is 0 Å². The third-order valence-electron chi connectivity index (χ3n) is 3.70. The molecular formula is C13H23NO3. The Morgan fingerprint density at radius 1 is 1.24 bits per heavy atom. The Morgan fingerprint density at radius 2 is 1.82 bits per heavy atom. The van der Waals surface area contributed by atoms with Crippen molar-refractivity contribution in [3.05, 3.63) is 0 Å². The van der Waals surface area contributed by atoms with E-state index in [2.05, 4.69) is 4.74 Å². The summed E-state index contributed by atoms with van der Waals surface area (Å²) in [5, 5.41) is 0. The normalized spacial score (nSPS) is 18.5. The number of rotatable bonds is 4. The number of hydrogen-bond acceptors (Lipinski definition) is 3. The number of esters is 1. The van der Waals surface area contributed by atoms with Gasteiger partial charge in [-0.15, -0.1) is 0 Å². The van der Waals surface area contributed by atoms with Crippen LogP contribution in [0.25, 0.3) is 0 Å². The highest BCUT2D eigenvalue weighted by molar-refractivity contribution is 5.82. The summed E-state index contributed by atoms with van der Waals surface area (Å²) < 4.78 is 4.57. The van der Waals surface area contributed by atoms with Crippen LogP contribution in [0.1, 0.15) is 45.4 Å². The van der Waals surface area contributed by atoms with Crippen LogP contribution in [-0.2, 0) is 14.3 Å². The Labute approximate surface area is 103 Å². The molecule has 0 bridgehead atoms. The molecule has 1 aliphatic carbocycles. The molecule has 4 nitrogen and oxygen atoms in total. The van der Waals surface area contributed by atoms with Crippen LogP contribution in [0, 0.1) is 5.41 Å². The number of hydrogen-bond donors (Lipinski definition) is 0. The molecule has 0 aliphatic heterocycles. The Bertz CT molecular complexity index is 282. The Hall–Kier alpha value is -1.06. The molecule has 0 unspecified atom stereocenters. The van der Waals surface area contributed by atoms with Crippen molar-refractivity contribution in [3.63, 3.8) is 0 Å². The van der Waals surface area contributed by atoms with Crippen molar-refractivity contribution in [3.8, 4) is 0 Å². The van der Waals surface area contributed by atoms with E-state index in [0.717, 1.165) is 25.7 Å². The van der Waals surface area contributed by atoms with Crippen LogP contribution >= 0.6 is 0 Å². The lowest BCUT2D eigenvalue weighted by atomic mass is 9.75. The maximum Gasteiger partial charge on any atom is 0.307 e. The SMILES string of the molecule is COC(=O)CCN(C)C(=O)C1(C)CCCCC1. The van der Waals surface area contributed by atoms with E-state index in [0.29, 0.717) is 6.54 Å². The van der Waals surface area contributed by atoms with Crippen molar-refractivity contribution in [1.29, 1.82) is 0 Å². The van der Waals surface area contributed by atoms with Crippen LogP contribution in [0.2, 0.25) is 0 Å². The molecule has 1 amide bonds. The summed E-state index contributed by atoms with van der Waals surface area (Å²) in [7, 11) is 3.14. The van der Waals surface area contributed by atoms with Gasteiger partial charge < -0.3 is 9.64 Å². The summed E-state index contributed by atoms with van der Waals surface area (Å²) in [6, 6.07) is 0. The topological polar surface area (TPSA) is 46.6 Å². The van der Waals surface area contributed by atoms with Gasteiger partial charge in [0.1, 0.15) is 0 Å². The van der Waals surface area contributed by atoms with Gasteiger partial charge in [0.25, 0.3) is 0 Å². The monoisotopic (exact) mass is 241 g/mol. The van der Waals surface area contributed by atoms with Crippen LogP contribution in [0.5, 0.6) is 0 Å². The van der Waals surface area contributed by atoms with Crippen LogP contribution in [0.3, 0.4) is 0 Å². The molecule has 0 aromatic heterocycles. The van der Waals surface area contributed by atoms with E-state index in [1.165, 1.54) is 13.5 Å². The zero-order chi connectivity index (χ0) is 12.9. The minimum atomic E-state index is -0.265. The molecule has 17 heavy (non-hydrogen) atoms. The lowest BCUT2D eigenvalue weighted by Gasteiger charge is -2.35. The lowest BCUT2D eigenvalue weighted by Crippen LogP contribution is -2.42. The summed E-state index contributed by atoms with van der Waals surface area (Å²) in [4.78, 5) is 25.0. The number of amides is 1. The van der Waals surface area contributed by atoms with Gasteiger partial charge in [-0.05, 0) is 12.8 Å². The van der Waals surface area contributed by atoms with Gasteiger partial charge in [0.05, 0.1) is 13.5 Å². The highest BCUT2D eigenvalue weighted by atomic mass is 16.5. The van der Waals surface area contributed by atoms with Crippen molar-refractivity contribution in [2.45, 2.75) is 45.4 Å². The smallest absolute Gasteiger partial charge is 0.307 e. The second-order valence-electron chi connectivity index (χ2n) is 5.17. The summed E-state index contributed by atoms with van der Waals surface area (Å²) >= 11 is 0. The van der Waals surface area contributed by atoms with E-state index < -0.39 is 0 Å². The summed E-state index contributed by atoms with van der Waals surface area (Å²) in [6.07, 6.45) is 5.70. The van der Waals surface area contributed by atoms with Crippen molar-refractivity contribution in [2.24, 2.45) is 5.41 Å². The molecule has 0 radical (unpaired) electrons.